The number of hydrogen-bond acceptors (Lipinski definition) is 3. The molecule has 0 bridgehead atoms. The number of hydrogen-bond donors (Lipinski definition) is 2. The highest BCUT2D eigenvalue weighted by molar-refractivity contribution is 7.92. The van der Waals surface area contributed by atoms with Gasteiger partial charge in [-0.1, -0.05) is 49.4 Å². The van der Waals surface area contributed by atoms with Crippen LogP contribution in [0.3, 0.4) is 0 Å². The zero-order valence-corrected chi connectivity index (χ0v) is 17.7. The van der Waals surface area contributed by atoms with Gasteiger partial charge in [0, 0.05) is 0 Å². The van der Waals surface area contributed by atoms with Gasteiger partial charge < -0.3 is 5.11 Å². The van der Waals surface area contributed by atoms with Crippen LogP contribution in [0.15, 0.2) is 77.7 Å². The van der Waals surface area contributed by atoms with Crippen molar-refractivity contribution < 1.29 is 18.3 Å². The first-order chi connectivity index (χ1) is 14.4. The summed E-state index contributed by atoms with van der Waals surface area (Å²) in [7, 11) is -3.66. The minimum Gasteiger partial charge on any atom is -0.478 e. The summed E-state index contributed by atoms with van der Waals surface area (Å²) in [5, 5.41) is 8.98. The normalized spacial score (nSPS) is 11.2. The van der Waals surface area contributed by atoms with Crippen LogP contribution in [-0.4, -0.2) is 19.5 Å². The molecule has 0 fully saturated rings. The first-order valence-corrected chi connectivity index (χ1v) is 11.4. The van der Waals surface area contributed by atoms with E-state index in [0.29, 0.717) is 12.1 Å². The van der Waals surface area contributed by atoms with E-state index in [1.54, 1.807) is 30.3 Å². The Labute approximate surface area is 177 Å². The number of carboxylic acid groups (broad SMARTS) is 1. The highest BCUT2D eigenvalue weighted by Crippen LogP contribution is 2.22. The Morgan fingerprint density at radius 1 is 0.867 bits per heavy atom. The molecule has 3 aromatic rings. The van der Waals surface area contributed by atoms with Crippen LogP contribution in [0.1, 0.15) is 40.4 Å². The summed E-state index contributed by atoms with van der Waals surface area (Å²) in [6, 6.07) is 21.2. The van der Waals surface area contributed by atoms with E-state index in [2.05, 4.69) is 4.72 Å². The zero-order chi connectivity index (χ0) is 21.6. The van der Waals surface area contributed by atoms with Crippen LogP contribution in [0.2, 0.25) is 0 Å². The third-order valence-electron chi connectivity index (χ3n) is 5.02. The molecule has 0 aliphatic rings. The lowest BCUT2D eigenvalue weighted by molar-refractivity contribution is 0.0697. The maximum Gasteiger partial charge on any atom is 0.335 e. The van der Waals surface area contributed by atoms with E-state index in [-0.39, 0.29) is 10.5 Å². The molecule has 0 heterocycles. The van der Waals surface area contributed by atoms with Crippen molar-refractivity contribution in [3.8, 4) is 0 Å². The second-order valence-corrected chi connectivity index (χ2v) is 8.80. The summed E-state index contributed by atoms with van der Waals surface area (Å²) in [6.45, 7) is 2.03. The average molecular weight is 424 g/mol. The van der Waals surface area contributed by atoms with Crippen LogP contribution in [0.25, 0.3) is 0 Å². The molecule has 6 heteroatoms. The Bertz CT molecular complexity index is 1100. The summed E-state index contributed by atoms with van der Waals surface area (Å²) >= 11 is 0. The number of aromatic carboxylic acids is 1. The standard InChI is InChI=1S/C24H25NO4S/c1-2-18-12-16-22(17-13-18)30(28,29)25-23-9-4-3-7-20(23)8-5-6-19-10-14-21(15-11-19)24(26)27/h3-4,7,9-17,25H,2,5-6,8H2,1H3,(H,26,27). The molecule has 0 aliphatic heterocycles. The van der Waals surface area contributed by atoms with Gasteiger partial charge in [-0.25, -0.2) is 13.2 Å². The van der Waals surface area contributed by atoms with Gasteiger partial charge in [-0.3, -0.25) is 4.72 Å². The predicted molar refractivity (Wildman–Crippen MR) is 118 cm³/mol. The molecular weight excluding hydrogens is 398 g/mol. The zero-order valence-electron chi connectivity index (χ0n) is 16.8. The fourth-order valence-corrected chi connectivity index (χ4v) is 4.34. The van der Waals surface area contributed by atoms with Crippen LogP contribution < -0.4 is 4.72 Å². The van der Waals surface area contributed by atoms with Gasteiger partial charge in [0.1, 0.15) is 0 Å². The van der Waals surface area contributed by atoms with Crippen molar-refractivity contribution in [1.82, 2.24) is 0 Å². The minimum absolute atomic E-state index is 0.244. The number of carbonyl (C=O) groups is 1. The van der Waals surface area contributed by atoms with Gasteiger partial charge in [0.15, 0.2) is 0 Å². The van der Waals surface area contributed by atoms with Gasteiger partial charge >= 0.3 is 5.97 Å². The third kappa shape index (κ3) is 5.48. The molecule has 5 nitrogen and oxygen atoms in total. The lowest BCUT2D eigenvalue weighted by Crippen LogP contribution is -2.14. The fourth-order valence-electron chi connectivity index (χ4n) is 3.24. The first kappa shape index (κ1) is 21.6. The van der Waals surface area contributed by atoms with Crippen molar-refractivity contribution in [3.05, 3.63) is 95.1 Å². The molecule has 0 amide bonds. The van der Waals surface area contributed by atoms with Gasteiger partial charge in [-0.2, -0.15) is 0 Å². The molecule has 0 saturated heterocycles. The van der Waals surface area contributed by atoms with E-state index < -0.39 is 16.0 Å². The van der Waals surface area contributed by atoms with Crippen LogP contribution >= 0.6 is 0 Å². The number of sulfonamides is 1. The monoisotopic (exact) mass is 423 g/mol. The number of anilines is 1. The van der Waals surface area contributed by atoms with Gasteiger partial charge in [-0.15, -0.1) is 0 Å². The molecular formula is C24H25NO4S. The van der Waals surface area contributed by atoms with Crippen molar-refractivity contribution in [2.75, 3.05) is 4.72 Å². The first-order valence-electron chi connectivity index (χ1n) is 9.91. The van der Waals surface area contributed by atoms with Crippen molar-refractivity contribution in [2.45, 2.75) is 37.5 Å². The van der Waals surface area contributed by atoms with Crippen molar-refractivity contribution >= 4 is 21.7 Å². The molecule has 0 spiro atoms. The predicted octanol–water partition coefficient (Wildman–Crippen LogP) is 4.92. The Balaban J connectivity index is 1.67. The molecule has 0 atom stereocenters. The highest BCUT2D eigenvalue weighted by Gasteiger charge is 2.15. The molecule has 0 unspecified atom stereocenters. The molecule has 0 radical (unpaired) electrons. The van der Waals surface area contributed by atoms with E-state index in [1.807, 2.05) is 49.4 Å². The average Bonchev–Trinajstić information content (AvgIpc) is 2.75. The van der Waals surface area contributed by atoms with E-state index in [4.69, 9.17) is 5.11 Å². The van der Waals surface area contributed by atoms with Gasteiger partial charge in [0.05, 0.1) is 16.1 Å². The number of carboxylic acids is 1. The topological polar surface area (TPSA) is 83.5 Å². The van der Waals surface area contributed by atoms with E-state index in [0.717, 1.165) is 36.0 Å². The molecule has 3 rings (SSSR count). The molecule has 0 aliphatic carbocycles. The Kier molecular flexibility index (Phi) is 6.90. The van der Waals surface area contributed by atoms with Crippen LogP contribution in [0, 0.1) is 0 Å². The van der Waals surface area contributed by atoms with Gasteiger partial charge in [0.2, 0.25) is 0 Å². The van der Waals surface area contributed by atoms with Crippen molar-refractivity contribution in [1.29, 1.82) is 0 Å². The number of rotatable bonds is 9. The maximum absolute atomic E-state index is 12.8. The number of aryl methyl sites for hydroxylation is 3. The van der Waals surface area contributed by atoms with E-state index in [9.17, 15) is 13.2 Å². The fraction of sp³-hybridized carbons (Fsp3) is 0.208. The third-order valence-corrected chi connectivity index (χ3v) is 6.40. The Hall–Kier alpha value is -3.12. The highest BCUT2D eigenvalue weighted by atomic mass is 32.2. The van der Waals surface area contributed by atoms with Crippen LogP contribution in [0.5, 0.6) is 0 Å². The summed E-state index contributed by atoms with van der Waals surface area (Å²) in [5.74, 6) is -0.938. The SMILES string of the molecule is CCc1ccc(S(=O)(=O)Nc2ccccc2CCCc2ccc(C(=O)O)cc2)cc1. The molecule has 156 valence electrons. The maximum atomic E-state index is 12.8. The van der Waals surface area contributed by atoms with Gasteiger partial charge in [-0.05, 0) is 72.7 Å². The smallest absolute Gasteiger partial charge is 0.335 e. The molecule has 30 heavy (non-hydrogen) atoms. The molecule has 2 N–H and O–H groups in total. The van der Waals surface area contributed by atoms with Crippen LogP contribution in [-0.2, 0) is 29.3 Å². The lowest BCUT2D eigenvalue weighted by Gasteiger charge is -2.13. The quantitative estimate of drug-likeness (QED) is 0.511. The molecule has 3 aromatic carbocycles. The molecule has 0 saturated carbocycles. The Morgan fingerprint density at radius 2 is 1.50 bits per heavy atom. The summed E-state index contributed by atoms with van der Waals surface area (Å²) in [6.07, 6.45) is 3.15. The van der Waals surface area contributed by atoms with Crippen molar-refractivity contribution in [3.63, 3.8) is 0 Å². The van der Waals surface area contributed by atoms with E-state index >= 15 is 0 Å². The largest absolute Gasteiger partial charge is 0.478 e. The lowest BCUT2D eigenvalue weighted by atomic mass is 10.0. The van der Waals surface area contributed by atoms with Crippen LogP contribution in [0.4, 0.5) is 5.69 Å². The van der Waals surface area contributed by atoms with Crippen molar-refractivity contribution in [2.24, 2.45) is 0 Å². The minimum atomic E-state index is -3.66. The second-order valence-electron chi connectivity index (χ2n) is 7.12. The van der Waals surface area contributed by atoms with Gasteiger partial charge in [0.25, 0.3) is 10.0 Å². The summed E-state index contributed by atoms with van der Waals surface area (Å²) < 4.78 is 28.3. The number of nitrogens with one attached hydrogen (secondary N) is 1. The summed E-state index contributed by atoms with van der Waals surface area (Å²) in [4.78, 5) is 11.2. The summed E-state index contributed by atoms with van der Waals surface area (Å²) in [5.41, 5.74) is 3.91. The second kappa shape index (κ2) is 9.59. The Morgan fingerprint density at radius 3 is 2.13 bits per heavy atom. The molecule has 0 aromatic heterocycles. The number of para-hydroxylation sites is 1. The van der Waals surface area contributed by atoms with E-state index in [1.165, 1.54) is 0 Å². The number of benzene rings is 3.